The molecule has 0 aliphatic carbocycles. The molecule has 0 atom stereocenters. The molecule has 9 nitrogen and oxygen atoms in total. The summed E-state index contributed by atoms with van der Waals surface area (Å²) in [6.07, 6.45) is 0. The van der Waals surface area contributed by atoms with E-state index in [1.807, 2.05) is 0 Å². The van der Waals surface area contributed by atoms with Crippen molar-refractivity contribution in [1.29, 1.82) is 0 Å². The van der Waals surface area contributed by atoms with Gasteiger partial charge in [-0.05, 0) is 12.1 Å². The lowest BCUT2D eigenvalue weighted by molar-refractivity contribution is -0.385. The predicted molar refractivity (Wildman–Crippen MR) is 81.9 cm³/mol. The molecule has 2 N–H and O–H groups in total. The van der Waals surface area contributed by atoms with E-state index >= 15 is 0 Å². The third kappa shape index (κ3) is 2.33. The largest absolute Gasteiger partial charge is 0.368 e. The van der Waals surface area contributed by atoms with E-state index in [9.17, 15) is 25.0 Å². The molecule has 0 radical (unpaired) electrons. The second kappa shape index (κ2) is 5.05. The Balaban J connectivity index is 2.42. The first-order valence-corrected chi connectivity index (χ1v) is 6.51. The number of hydrogen-bond acceptors (Lipinski definition) is 5. The Morgan fingerprint density at radius 2 is 1.39 bits per heavy atom. The van der Waals surface area contributed by atoms with E-state index < -0.39 is 15.8 Å². The second-order valence-electron chi connectivity index (χ2n) is 4.97. The Kier molecular flexibility index (Phi) is 3.17. The summed E-state index contributed by atoms with van der Waals surface area (Å²) < 4.78 is 1.58. The molecule has 0 aliphatic heterocycles. The smallest absolute Gasteiger partial charge is 0.270 e. The van der Waals surface area contributed by atoms with Gasteiger partial charge in [-0.2, -0.15) is 0 Å². The van der Waals surface area contributed by atoms with Crippen molar-refractivity contribution >= 4 is 39.1 Å². The minimum atomic E-state index is -0.583. The average Bonchev–Trinajstić information content (AvgIpc) is 2.80. The maximum Gasteiger partial charge on any atom is 0.270 e. The number of fused-ring (bicyclic) bond motifs is 3. The van der Waals surface area contributed by atoms with Crippen LogP contribution in [0.5, 0.6) is 0 Å². The molecule has 116 valence electrons. The number of carbonyl (C=O) groups is 1. The summed E-state index contributed by atoms with van der Waals surface area (Å²) in [5.74, 6) is -0.583. The van der Waals surface area contributed by atoms with Gasteiger partial charge in [0.2, 0.25) is 5.91 Å². The van der Waals surface area contributed by atoms with Crippen molar-refractivity contribution < 1.29 is 14.6 Å². The number of hydrogen-bond donors (Lipinski definition) is 1. The standard InChI is InChI=1S/C14H10N4O5/c15-14(19)7-16-12-3-1-8(17(20)21)5-10(12)11-6-9(18(22)23)2-4-13(11)16/h1-6H,7H2,(H2,15,19). The van der Waals surface area contributed by atoms with Crippen LogP contribution in [0.1, 0.15) is 0 Å². The van der Waals surface area contributed by atoms with E-state index in [4.69, 9.17) is 5.73 Å². The van der Waals surface area contributed by atoms with Crippen molar-refractivity contribution in [3.8, 4) is 0 Å². The van der Waals surface area contributed by atoms with E-state index in [0.717, 1.165) is 0 Å². The number of rotatable bonds is 4. The lowest BCUT2D eigenvalue weighted by Crippen LogP contribution is -2.18. The van der Waals surface area contributed by atoms with Crippen molar-refractivity contribution in [1.82, 2.24) is 4.57 Å². The number of primary amides is 1. The van der Waals surface area contributed by atoms with Crippen LogP contribution < -0.4 is 5.73 Å². The Labute approximate surface area is 128 Å². The molecule has 23 heavy (non-hydrogen) atoms. The van der Waals surface area contributed by atoms with E-state index in [0.29, 0.717) is 21.8 Å². The van der Waals surface area contributed by atoms with Crippen molar-refractivity contribution in [2.24, 2.45) is 5.73 Å². The maximum atomic E-state index is 11.3. The Hall–Kier alpha value is -3.49. The van der Waals surface area contributed by atoms with Crippen LogP contribution in [0.3, 0.4) is 0 Å². The third-order valence-corrected chi connectivity index (χ3v) is 3.57. The summed E-state index contributed by atoms with van der Waals surface area (Å²) >= 11 is 0. The molecule has 9 heteroatoms. The van der Waals surface area contributed by atoms with Crippen molar-refractivity contribution in [3.63, 3.8) is 0 Å². The third-order valence-electron chi connectivity index (χ3n) is 3.57. The minimum absolute atomic E-state index is 0.129. The zero-order valence-electron chi connectivity index (χ0n) is 11.6. The lowest BCUT2D eigenvalue weighted by Gasteiger charge is -2.03. The fraction of sp³-hybridized carbons (Fsp3) is 0.0714. The highest BCUT2D eigenvalue weighted by molar-refractivity contribution is 6.10. The first-order chi connectivity index (χ1) is 10.9. The number of nitro groups is 2. The molecule has 2 aromatic carbocycles. The van der Waals surface area contributed by atoms with Crippen LogP contribution in [-0.4, -0.2) is 20.3 Å². The summed E-state index contributed by atoms with van der Waals surface area (Å²) in [7, 11) is 0. The number of nitro benzene ring substituents is 2. The molecule has 1 heterocycles. The fourth-order valence-corrected chi connectivity index (χ4v) is 2.63. The number of benzene rings is 2. The Morgan fingerprint density at radius 3 is 1.74 bits per heavy atom. The van der Waals surface area contributed by atoms with E-state index in [1.165, 1.54) is 36.4 Å². The van der Waals surface area contributed by atoms with Crippen LogP contribution >= 0.6 is 0 Å². The minimum Gasteiger partial charge on any atom is -0.368 e. The molecule has 0 saturated carbocycles. The van der Waals surface area contributed by atoms with Gasteiger partial charge in [-0.25, -0.2) is 0 Å². The van der Waals surface area contributed by atoms with Crippen molar-refractivity contribution in [3.05, 3.63) is 56.6 Å². The maximum absolute atomic E-state index is 11.3. The van der Waals surface area contributed by atoms with E-state index in [1.54, 1.807) is 4.57 Å². The summed E-state index contributed by atoms with van der Waals surface area (Å²) in [6.45, 7) is -0.129. The number of aromatic nitrogens is 1. The topological polar surface area (TPSA) is 134 Å². The highest BCUT2D eigenvalue weighted by Crippen LogP contribution is 2.33. The molecule has 0 aliphatic rings. The van der Waals surface area contributed by atoms with Crippen LogP contribution in [0.25, 0.3) is 21.8 Å². The predicted octanol–water partition coefficient (Wildman–Crippen LogP) is 2.10. The molecule has 0 bridgehead atoms. The van der Waals surface area contributed by atoms with Gasteiger partial charge >= 0.3 is 0 Å². The molecule has 3 rings (SSSR count). The van der Waals surface area contributed by atoms with Gasteiger partial charge in [-0.1, -0.05) is 0 Å². The Bertz CT molecular complexity index is 920. The van der Waals surface area contributed by atoms with Gasteiger partial charge in [0.05, 0.1) is 20.9 Å². The zero-order chi connectivity index (χ0) is 16.7. The quantitative estimate of drug-likeness (QED) is 0.581. The second-order valence-corrected chi connectivity index (χ2v) is 4.97. The molecule has 0 saturated heterocycles. The molecular weight excluding hydrogens is 304 g/mol. The summed E-state index contributed by atoms with van der Waals surface area (Å²) in [5.41, 5.74) is 6.06. The molecule has 0 unspecified atom stereocenters. The van der Waals surface area contributed by atoms with Gasteiger partial charge in [0.15, 0.2) is 0 Å². The fourth-order valence-electron chi connectivity index (χ4n) is 2.63. The summed E-state index contributed by atoms with van der Waals surface area (Å²) in [4.78, 5) is 32.1. The van der Waals surface area contributed by atoms with Gasteiger partial charge in [0.25, 0.3) is 11.4 Å². The number of amides is 1. The van der Waals surface area contributed by atoms with Crippen molar-refractivity contribution in [2.75, 3.05) is 0 Å². The van der Waals surface area contributed by atoms with Gasteiger partial charge < -0.3 is 10.3 Å². The summed E-state index contributed by atoms with van der Waals surface area (Å²) in [6, 6.07) is 8.29. The first kappa shape index (κ1) is 14.4. The molecule has 1 amide bonds. The van der Waals surface area contributed by atoms with Crippen molar-refractivity contribution in [2.45, 2.75) is 6.54 Å². The Morgan fingerprint density at radius 1 is 0.957 bits per heavy atom. The van der Waals surface area contributed by atoms with Crippen LogP contribution in [0.15, 0.2) is 36.4 Å². The average molecular weight is 314 g/mol. The van der Waals surface area contributed by atoms with Crippen LogP contribution in [0.4, 0.5) is 11.4 Å². The highest BCUT2D eigenvalue weighted by atomic mass is 16.6. The molecular formula is C14H10N4O5. The highest BCUT2D eigenvalue weighted by Gasteiger charge is 2.18. The van der Waals surface area contributed by atoms with Gasteiger partial charge in [-0.3, -0.25) is 25.0 Å². The molecule has 1 aromatic heterocycles. The number of carbonyl (C=O) groups excluding carboxylic acids is 1. The van der Waals surface area contributed by atoms with Crippen LogP contribution in [-0.2, 0) is 11.3 Å². The SMILES string of the molecule is NC(=O)Cn1c2ccc([N+](=O)[O-])cc2c2cc([N+](=O)[O-])ccc21. The van der Waals surface area contributed by atoms with Gasteiger partial charge in [0.1, 0.15) is 6.54 Å². The van der Waals surface area contributed by atoms with Crippen LogP contribution in [0, 0.1) is 20.2 Å². The number of non-ortho nitro benzene ring substituents is 2. The van der Waals surface area contributed by atoms with E-state index in [2.05, 4.69) is 0 Å². The molecule has 3 aromatic rings. The lowest BCUT2D eigenvalue weighted by atomic mass is 10.1. The van der Waals surface area contributed by atoms with Gasteiger partial charge in [0, 0.05) is 35.0 Å². The molecule has 0 fully saturated rings. The van der Waals surface area contributed by atoms with Gasteiger partial charge in [-0.15, -0.1) is 0 Å². The summed E-state index contributed by atoms with van der Waals surface area (Å²) in [5, 5.41) is 22.8. The van der Waals surface area contributed by atoms with E-state index in [-0.39, 0.29) is 17.9 Å². The first-order valence-electron chi connectivity index (χ1n) is 6.51. The normalized spacial score (nSPS) is 11.0. The zero-order valence-corrected chi connectivity index (χ0v) is 11.6. The monoisotopic (exact) mass is 314 g/mol. The number of nitrogens with zero attached hydrogens (tertiary/aromatic N) is 3. The van der Waals surface area contributed by atoms with Crippen LogP contribution in [0.2, 0.25) is 0 Å². The number of nitrogens with two attached hydrogens (primary N) is 1. The molecule has 0 spiro atoms.